The van der Waals surface area contributed by atoms with E-state index in [1.54, 1.807) is 0 Å². The maximum Gasteiger partial charge on any atom is 0.331 e. The molecule has 0 aromatic heterocycles. The number of carbonyl (C=O) groups is 1. The molecule has 2 rings (SSSR count). The Kier molecular flexibility index (Phi) is 1.90. The van der Waals surface area contributed by atoms with E-state index in [9.17, 15) is 9.90 Å². The van der Waals surface area contributed by atoms with Crippen LogP contribution in [0.3, 0.4) is 0 Å². The molecule has 2 atom stereocenters. The molecule has 1 aliphatic carbocycles. The van der Waals surface area contributed by atoms with Gasteiger partial charge in [0, 0.05) is 11.6 Å². The number of fused-ring (bicyclic) bond motifs is 1. The van der Waals surface area contributed by atoms with Crippen LogP contribution in [-0.4, -0.2) is 22.3 Å². The van der Waals surface area contributed by atoms with Gasteiger partial charge in [-0.1, -0.05) is 12.8 Å². The third-order valence-electron chi connectivity index (χ3n) is 3.34. The summed E-state index contributed by atoms with van der Waals surface area (Å²) in [5, 5.41) is 9.21. The van der Waals surface area contributed by atoms with Crippen molar-refractivity contribution in [3.8, 4) is 0 Å². The smallest absolute Gasteiger partial charge is 0.331 e. The van der Waals surface area contributed by atoms with E-state index >= 15 is 0 Å². The number of aliphatic imine (C=N–C) groups is 1. The van der Waals surface area contributed by atoms with Crippen LogP contribution in [0.4, 0.5) is 0 Å². The number of hydrogen-bond acceptors (Lipinski definition) is 2. The van der Waals surface area contributed by atoms with Gasteiger partial charge in [-0.2, -0.15) is 0 Å². The molecular formula is C10H15NO2. The van der Waals surface area contributed by atoms with Crippen molar-refractivity contribution in [2.75, 3.05) is 0 Å². The van der Waals surface area contributed by atoms with E-state index in [1.165, 1.54) is 6.42 Å². The predicted octanol–water partition coefficient (Wildman–Crippen LogP) is 1.86. The van der Waals surface area contributed by atoms with E-state index in [0.29, 0.717) is 0 Å². The number of hydrogen-bond donors (Lipinski definition) is 1. The average Bonchev–Trinajstić information content (AvgIpc) is 2.41. The zero-order chi connectivity index (χ0) is 9.47. The molecule has 2 aliphatic rings. The van der Waals surface area contributed by atoms with Crippen LogP contribution >= 0.6 is 0 Å². The lowest BCUT2D eigenvalue weighted by molar-refractivity contribution is -0.146. The lowest BCUT2D eigenvalue weighted by atomic mass is 9.73. The highest BCUT2D eigenvalue weighted by Crippen LogP contribution is 2.43. The van der Waals surface area contributed by atoms with Crippen LogP contribution in [0.25, 0.3) is 0 Å². The van der Waals surface area contributed by atoms with Crippen molar-refractivity contribution in [2.45, 2.75) is 44.6 Å². The number of carboxylic acids is 1. The van der Waals surface area contributed by atoms with Crippen molar-refractivity contribution in [3.05, 3.63) is 0 Å². The predicted molar refractivity (Wildman–Crippen MR) is 50.1 cm³/mol. The standard InChI is InChI=1S/C10H15NO2/c1-7-6-8-4-2-3-5-10(8,11-7)9(12)13/h8H,2-6H2,1H3,(H,12,13). The Bertz CT molecular complexity index is 272. The Hall–Kier alpha value is -0.860. The van der Waals surface area contributed by atoms with Crippen molar-refractivity contribution in [1.29, 1.82) is 0 Å². The minimum atomic E-state index is -0.734. The van der Waals surface area contributed by atoms with Crippen LogP contribution in [0.15, 0.2) is 4.99 Å². The van der Waals surface area contributed by atoms with Gasteiger partial charge in [-0.3, -0.25) is 4.99 Å². The summed E-state index contributed by atoms with van der Waals surface area (Å²) in [6.07, 6.45) is 4.85. The first-order chi connectivity index (χ1) is 6.15. The monoisotopic (exact) mass is 181 g/mol. The van der Waals surface area contributed by atoms with Gasteiger partial charge < -0.3 is 5.11 Å². The quantitative estimate of drug-likeness (QED) is 0.671. The fourth-order valence-electron chi connectivity index (χ4n) is 2.72. The SMILES string of the molecule is CC1=NC2(C(=O)O)CCCCC2C1. The molecule has 3 heteroatoms. The first kappa shape index (κ1) is 8.73. The van der Waals surface area contributed by atoms with Crippen molar-refractivity contribution >= 4 is 11.7 Å². The Morgan fingerprint density at radius 1 is 1.62 bits per heavy atom. The van der Waals surface area contributed by atoms with Crippen LogP contribution in [0.5, 0.6) is 0 Å². The van der Waals surface area contributed by atoms with E-state index in [0.717, 1.165) is 31.4 Å². The molecule has 1 heterocycles. The van der Waals surface area contributed by atoms with E-state index in [2.05, 4.69) is 4.99 Å². The molecular weight excluding hydrogens is 166 g/mol. The molecule has 0 bridgehead atoms. The summed E-state index contributed by atoms with van der Waals surface area (Å²) in [7, 11) is 0. The zero-order valence-corrected chi connectivity index (χ0v) is 7.92. The van der Waals surface area contributed by atoms with Gasteiger partial charge in [-0.25, -0.2) is 4.79 Å². The maximum atomic E-state index is 11.2. The molecule has 72 valence electrons. The molecule has 2 unspecified atom stereocenters. The van der Waals surface area contributed by atoms with Crippen molar-refractivity contribution in [1.82, 2.24) is 0 Å². The largest absolute Gasteiger partial charge is 0.479 e. The van der Waals surface area contributed by atoms with Gasteiger partial charge >= 0.3 is 5.97 Å². The molecule has 0 spiro atoms. The molecule has 0 saturated heterocycles. The summed E-state index contributed by atoms with van der Waals surface area (Å²) in [4.78, 5) is 15.6. The highest BCUT2D eigenvalue weighted by atomic mass is 16.4. The molecule has 3 nitrogen and oxygen atoms in total. The Morgan fingerprint density at radius 2 is 2.38 bits per heavy atom. The molecule has 0 radical (unpaired) electrons. The van der Waals surface area contributed by atoms with Crippen molar-refractivity contribution in [2.24, 2.45) is 10.9 Å². The number of aliphatic carboxylic acids is 1. The van der Waals surface area contributed by atoms with Gasteiger partial charge in [0.15, 0.2) is 5.54 Å². The van der Waals surface area contributed by atoms with Crippen molar-refractivity contribution in [3.63, 3.8) is 0 Å². The first-order valence-corrected chi connectivity index (χ1v) is 4.94. The normalized spacial score (nSPS) is 38.2. The van der Waals surface area contributed by atoms with Gasteiger partial charge in [0.1, 0.15) is 0 Å². The summed E-state index contributed by atoms with van der Waals surface area (Å²) in [6.45, 7) is 1.95. The van der Waals surface area contributed by atoms with E-state index in [1.807, 2.05) is 6.92 Å². The minimum Gasteiger partial charge on any atom is -0.479 e. The van der Waals surface area contributed by atoms with Gasteiger partial charge in [0.05, 0.1) is 0 Å². The molecule has 0 aromatic carbocycles. The van der Waals surface area contributed by atoms with Crippen LogP contribution < -0.4 is 0 Å². The fraction of sp³-hybridized carbons (Fsp3) is 0.800. The second-order valence-corrected chi connectivity index (χ2v) is 4.22. The number of nitrogens with zero attached hydrogens (tertiary/aromatic N) is 1. The van der Waals surface area contributed by atoms with Crippen LogP contribution in [0.2, 0.25) is 0 Å². The molecule has 1 fully saturated rings. The number of carboxylic acid groups (broad SMARTS) is 1. The molecule has 1 N–H and O–H groups in total. The summed E-state index contributed by atoms with van der Waals surface area (Å²) in [6, 6.07) is 0. The van der Waals surface area contributed by atoms with E-state index in [-0.39, 0.29) is 5.92 Å². The second-order valence-electron chi connectivity index (χ2n) is 4.22. The maximum absolute atomic E-state index is 11.2. The van der Waals surface area contributed by atoms with E-state index < -0.39 is 11.5 Å². The summed E-state index contributed by atoms with van der Waals surface area (Å²) < 4.78 is 0. The molecule has 0 amide bonds. The summed E-state index contributed by atoms with van der Waals surface area (Å²) in [5.41, 5.74) is 0.289. The van der Waals surface area contributed by atoms with Gasteiger partial charge in [-0.15, -0.1) is 0 Å². The third-order valence-corrected chi connectivity index (χ3v) is 3.34. The number of rotatable bonds is 1. The Balaban J connectivity index is 2.33. The highest BCUT2D eigenvalue weighted by molar-refractivity contribution is 5.92. The average molecular weight is 181 g/mol. The zero-order valence-electron chi connectivity index (χ0n) is 7.92. The highest BCUT2D eigenvalue weighted by Gasteiger charge is 2.50. The van der Waals surface area contributed by atoms with E-state index in [4.69, 9.17) is 0 Å². The molecule has 13 heavy (non-hydrogen) atoms. The Labute approximate surface area is 77.9 Å². The minimum absolute atomic E-state index is 0.277. The summed E-state index contributed by atoms with van der Waals surface area (Å²) >= 11 is 0. The van der Waals surface area contributed by atoms with Gasteiger partial charge in [0.2, 0.25) is 0 Å². The van der Waals surface area contributed by atoms with Crippen molar-refractivity contribution < 1.29 is 9.90 Å². The van der Waals surface area contributed by atoms with Crippen LogP contribution in [-0.2, 0) is 4.79 Å². The van der Waals surface area contributed by atoms with Crippen LogP contribution in [0.1, 0.15) is 39.0 Å². The molecule has 0 aromatic rings. The Morgan fingerprint density at radius 3 is 3.00 bits per heavy atom. The van der Waals surface area contributed by atoms with Gasteiger partial charge in [0.25, 0.3) is 0 Å². The molecule has 1 aliphatic heterocycles. The lowest BCUT2D eigenvalue weighted by Gasteiger charge is -2.33. The first-order valence-electron chi connectivity index (χ1n) is 4.94. The third kappa shape index (κ3) is 1.18. The lowest BCUT2D eigenvalue weighted by Crippen LogP contribution is -2.43. The van der Waals surface area contributed by atoms with Crippen LogP contribution in [0, 0.1) is 5.92 Å². The topological polar surface area (TPSA) is 49.7 Å². The fourth-order valence-corrected chi connectivity index (χ4v) is 2.72. The van der Waals surface area contributed by atoms with Gasteiger partial charge in [-0.05, 0) is 26.2 Å². The second kappa shape index (κ2) is 2.82. The molecule has 1 saturated carbocycles. The summed E-state index contributed by atoms with van der Waals surface area (Å²) in [5.74, 6) is -0.437.